The fourth-order valence-electron chi connectivity index (χ4n) is 4.08. The zero-order chi connectivity index (χ0) is 9.83. The lowest BCUT2D eigenvalue weighted by atomic mass is 9.60. The summed E-state index contributed by atoms with van der Waals surface area (Å²) in [6.45, 7) is 0. The van der Waals surface area contributed by atoms with Crippen LogP contribution in [0.25, 0.3) is 0 Å². The van der Waals surface area contributed by atoms with Gasteiger partial charge in [-0.2, -0.15) is 0 Å². The highest BCUT2D eigenvalue weighted by molar-refractivity contribution is 5.85. The molecule has 2 saturated heterocycles. The van der Waals surface area contributed by atoms with Gasteiger partial charge in [0.1, 0.15) is 0 Å². The summed E-state index contributed by atoms with van der Waals surface area (Å²) in [4.78, 5) is 0. The maximum absolute atomic E-state index is 3.71. The Hall–Kier alpha value is -0.690. The molecule has 5 rings (SSSR count). The second kappa shape index (κ2) is 3.66. The van der Waals surface area contributed by atoms with Crippen LogP contribution in [0.4, 0.5) is 0 Å². The third-order valence-electron chi connectivity index (χ3n) is 4.75. The minimum Gasteiger partial charge on any atom is -0.385 e. The fraction of sp³-hybridized carbons (Fsp3) is 0.571. The Morgan fingerprint density at radius 3 is 3.00 bits per heavy atom. The van der Waals surface area contributed by atoms with Crippen molar-refractivity contribution in [3.8, 4) is 0 Å². The molecule has 86 valence electrons. The van der Waals surface area contributed by atoms with Gasteiger partial charge >= 0.3 is 0 Å². The second-order valence-corrected chi connectivity index (χ2v) is 5.46. The third kappa shape index (κ3) is 1.31. The predicted octanol–water partition coefficient (Wildman–Crippen LogP) is 3.20. The molecule has 1 nitrogen and oxygen atoms in total. The van der Waals surface area contributed by atoms with Crippen molar-refractivity contribution in [2.24, 2.45) is 17.8 Å². The molecule has 3 fully saturated rings. The van der Waals surface area contributed by atoms with Crippen LogP contribution in [-0.2, 0) is 0 Å². The number of rotatable bonds is 0. The lowest BCUT2D eigenvalue weighted by Crippen LogP contribution is -2.51. The summed E-state index contributed by atoms with van der Waals surface area (Å²) in [5.74, 6) is 2.65. The molecule has 4 bridgehead atoms. The van der Waals surface area contributed by atoms with E-state index in [-0.39, 0.29) is 12.4 Å². The molecule has 4 atom stereocenters. The first kappa shape index (κ1) is 10.5. The van der Waals surface area contributed by atoms with Crippen molar-refractivity contribution in [2.75, 3.05) is 0 Å². The van der Waals surface area contributed by atoms with Gasteiger partial charge < -0.3 is 5.32 Å². The molecule has 2 heterocycles. The quantitative estimate of drug-likeness (QED) is 0.680. The molecule has 0 amide bonds. The minimum atomic E-state index is 0. The van der Waals surface area contributed by atoms with Gasteiger partial charge in [-0.25, -0.2) is 0 Å². The first-order valence-electron chi connectivity index (χ1n) is 6.26. The van der Waals surface area contributed by atoms with Crippen LogP contribution >= 0.6 is 12.4 Å². The first-order chi connectivity index (χ1) is 7.42. The highest BCUT2D eigenvalue weighted by atomic mass is 35.5. The molecule has 0 aromatic rings. The lowest BCUT2D eigenvalue weighted by molar-refractivity contribution is 0.122. The summed E-state index contributed by atoms with van der Waals surface area (Å²) in [6.07, 6.45) is 14.9. The van der Waals surface area contributed by atoms with Crippen LogP contribution in [0, 0.1) is 17.8 Å². The van der Waals surface area contributed by atoms with E-state index in [0.29, 0.717) is 0 Å². The van der Waals surface area contributed by atoms with Crippen LogP contribution < -0.4 is 5.32 Å². The summed E-state index contributed by atoms with van der Waals surface area (Å²) in [5.41, 5.74) is 3.14. The summed E-state index contributed by atoms with van der Waals surface area (Å²) in [5, 5.41) is 3.71. The zero-order valence-electron chi connectivity index (χ0n) is 9.36. The Kier molecular flexibility index (Phi) is 2.39. The fourth-order valence-corrected chi connectivity index (χ4v) is 4.08. The Bertz CT molecular complexity index is 394. The van der Waals surface area contributed by atoms with Gasteiger partial charge in [-0.1, -0.05) is 18.2 Å². The van der Waals surface area contributed by atoms with E-state index >= 15 is 0 Å². The van der Waals surface area contributed by atoms with Crippen molar-refractivity contribution >= 4 is 12.4 Å². The van der Waals surface area contributed by atoms with Crippen LogP contribution in [0.3, 0.4) is 0 Å². The SMILES string of the molecule is C1=CCC2C(=C1)C=C1NC3CCC1C2C3.Cl. The lowest BCUT2D eigenvalue weighted by Gasteiger charge is -2.51. The zero-order valence-corrected chi connectivity index (χ0v) is 10.2. The van der Waals surface area contributed by atoms with Gasteiger partial charge in [0.15, 0.2) is 0 Å². The first-order valence-corrected chi connectivity index (χ1v) is 6.26. The van der Waals surface area contributed by atoms with Crippen LogP contribution in [0.1, 0.15) is 25.7 Å². The highest BCUT2D eigenvalue weighted by Crippen LogP contribution is 2.50. The molecule has 0 radical (unpaired) electrons. The normalized spacial score (nSPS) is 42.5. The molecule has 0 aromatic carbocycles. The van der Waals surface area contributed by atoms with Gasteiger partial charge in [-0.15, -0.1) is 12.4 Å². The van der Waals surface area contributed by atoms with Gasteiger partial charge in [-0.05, 0) is 49.2 Å². The van der Waals surface area contributed by atoms with E-state index in [9.17, 15) is 0 Å². The van der Waals surface area contributed by atoms with Crippen molar-refractivity contribution < 1.29 is 0 Å². The number of halogens is 1. The molecule has 5 aliphatic rings. The van der Waals surface area contributed by atoms with Gasteiger partial charge in [0.2, 0.25) is 0 Å². The maximum Gasteiger partial charge on any atom is 0.0261 e. The van der Waals surface area contributed by atoms with Crippen molar-refractivity contribution in [1.29, 1.82) is 0 Å². The van der Waals surface area contributed by atoms with Crippen molar-refractivity contribution in [2.45, 2.75) is 31.7 Å². The Morgan fingerprint density at radius 1 is 1.19 bits per heavy atom. The molecule has 2 aliphatic heterocycles. The number of fused-ring (bicyclic) bond motifs is 2. The molecule has 2 heteroatoms. The smallest absolute Gasteiger partial charge is 0.0261 e. The van der Waals surface area contributed by atoms with E-state index in [1.807, 2.05) is 0 Å². The summed E-state index contributed by atoms with van der Waals surface area (Å²) >= 11 is 0. The van der Waals surface area contributed by atoms with Crippen LogP contribution in [0.5, 0.6) is 0 Å². The van der Waals surface area contributed by atoms with E-state index in [4.69, 9.17) is 0 Å². The van der Waals surface area contributed by atoms with Crippen LogP contribution in [-0.4, -0.2) is 6.04 Å². The number of allylic oxidation sites excluding steroid dienone is 6. The standard InChI is InChI=1S/C14H17N.ClH/c1-2-4-11-9(3-1)7-14-12-6-5-10(15-14)8-13(11)12;/h1-3,7,10-13,15H,4-6,8H2;1H. The van der Waals surface area contributed by atoms with Gasteiger partial charge in [0.25, 0.3) is 0 Å². The van der Waals surface area contributed by atoms with E-state index in [1.54, 1.807) is 11.3 Å². The number of nitrogens with one attached hydrogen (secondary N) is 1. The largest absolute Gasteiger partial charge is 0.385 e. The Morgan fingerprint density at radius 2 is 2.12 bits per heavy atom. The van der Waals surface area contributed by atoms with E-state index in [2.05, 4.69) is 29.6 Å². The van der Waals surface area contributed by atoms with Crippen molar-refractivity contribution in [3.05, 3.63) is 35.6 Å². The second-order valence-electron chi connectivity index (χ2n) is 5.46. The molecule has 0 aromatic heterocycles. The minimum absolute atomic E-state index is 0. The average molecular weight is 236 g/mol. The van der Waals surface area contributed by atoms with Gasteiger partial charge in [-0.3, -0.25) is 0 Å². The van der Waals surface area contributed by atoms with E-state index in [0.717, 1.165) is 23.8 Å². The van der Waals surface area contributed by atoms with Gasteiger partial charge in [0.05, 0.1) is 0 Å². The molecule has 16 heavy (non-hydrogen) atoms. The number of hydrogen-bond donors (Lipinski definition) is 1. The molecule has 0 spiro atoms. The van der Waals surface area contributed by atoms with Crippen molar-refractivity contribution in [3.63, 3.8) is 0 Å². The van der Waals surface area contributed by atoms with Crippen LogP contribution in [0.2, 0.25) is 0 Å². The molecular weight excluding hydrogens is 218 g/mol. The molecular formula is C14H18ClN. The van der Waals surface area contributed by atoms with Crippen LogP contribution in [0.15, 0.2) is 35.6 Å². The number of piperidine rings is 2. The summed E-state index contributed by atoms with van der Waals surface area (Å²) in [7, 11) is 0. The van der Waals surface area contributed by atoms with Gasteiger partial charge in [0, 0.05) is 17.7 Å². The molecule has 1 N–H and O–H groups in total. The summed E-state index contributed by atoms with van der Waals surface area (Å²) < 4.78 is 0. The third-order valence-corrected chi connectivity index (χ3v) is 4.75. The van der Waals surface area contributed by atoms with E-state index in [1.165, 1.54) is 25.7 Å². The Labute approximate surface area is 103 Å². The highest BCUT2D eigenvalue weighted by Gasteiger charge is 2.45. The molecule has 4 unspecified atom stereocenters. The predicted molar refractivity (Wildman–Crippen MR) is 68.4 cm³/mol. The average Bonchev–Trinajstić information content (AvgIpc) is 2.29. The van der Waals surface area contributed by atoms with E-state index < -0.39 is 0 Å². The molecule has 3 aliphatic carbocycles. The molecule has 1 saturated carbocycles. The Balaban J connectivity index is 0.000000810. The monoisotopic (exact) mass is 235 g/mol. The van der Waals surface area contributed by atoms with Crippen molar-refractivity contribution in [1.82, 2.24) is 5.32 Å². The topological polar surface area (TPSA) is 12.0 Å². The summed E-state index contributed by atoms with van der Waals surface area (Å²) in [6, 6.07) is 0.790. The maximum atomic E-state index is 3.71. The number of hydrogen-bond acceptors (Lipinski definition) is 1.